The minimum atomic E-state index is -3.72. The van der Waals surface area contributed by atoms with Gasteiger partial charge < -0.3 is 14.5 Å². The average molecular weight is 404 g/mol. The predicted molar refractivity (Wildman–Crippen MR) is 107 cm³/mol. The topological polar surface area (TPSA) is 79.3 Å². The Morgan fingerprint density at radius 2 is 1.89 bits per heavy atom. The molecule has 0 aliphatic carbocycles. The summed E-state index contributed by atoms with van der Waals surface area (Å²) in [6.07, 6.45) is 2.16. The number of nitrogens with zero attached hydrogens (tertiary/aromatic N) is 3. The van der Waals surface area contributed by atoms with E-state index in [0.29, 0.717) is 49.8 Å². The molecule has 7 nitrogen and oxygen atoms in total. The van der Waals surface area contributed by atoms with Crippen LogP contribution in [0.4, 0.5) is 0 Å². The van der Waals surface area contributed by atoms with E-state index in [-0.39, 0.29) is 16.9 Å². The SMILES string of the molecule is CC1=C(c2ccccc2)S(=O)(=O)N=C1N1CCCN(C(=O)C2CCCO2)CC1. The van der Waals surface area contributed by atoms with Crippen molar-refractivity contribution in [3.05, 3.63) is 41.5 Å². The Morgan fingerprint density at radius 3 is 2.61 bits per heavy atom. The third kappa shape index (κ3) is 3.58. The summed E-state index contributed by atoms with van der Waals surface area (Å²) in [6, 6.07) is 9.09. The molecule has 1 aromatic carbocycles. The second kappa shape index (κ2) is 7.67. The zero-order valence-electron chi connectivity index (χ0n) is 16.0. The van der Waals surface area contributed by atoms with Crippen molar-refractivity contribution < 1.29 is 17.9 Å². The Hall–Kier alpha value is -2.19. The molecular weight excluding hydrogens is 378 g/mol. The van der Waals surface area contributed by atoms with Gasteiger partial charge in [-0.3, -0.25) is 4.79 Å². The lowest BCUT2D eigenvalue weighted by Gasteiger charge is -2.25. The minimum absolute atomic E-state index is 0.0533. The van der Waals surface area contributed by atoms with Crippen molar-refractivity contribution in [2.45, 2.75) is 32.3 Å². The van der Waals surface area contributed by atoms with Gasteiger partial charge in [0.2, 0.25) is 0 Å². The molecule has 1 unspecified atom stereocenters. The Labute approximate surface area is 165 Å². The van der Waals surface area contributed by atoms with Crippen LogP contribution < -0.4 is 0 Å². The van der Waals surface area contributed by atoms with Crippen molar-refractivity contribution in [3.63, 3.8) is 0 Å². The van der Waals surface area contributed by atoms with Crippen LogP contribution in [-0.4, -0.2) is 68.9 Å². The zero-order chi connectivity index (χ0) is 19.7. The highest BCUT2D eigenvalue weighted by atomic mass is 32.2. The number of ether oxygens (including phenoxy) is 1. The first kappa shape index (κ1) is 19.1. The van der Waals surface area contributed by atoms with Gasteiger partial charge in [0.1, 0.15) is 16.8 Å². The fourth-order valence-corrected chi connectivity index (χ4v) is 5.58. The van der Waals surface area contributed by atoms with Gasteiger partial charge >= 0.3 is 0 Å². The molecule has 1 aromatic rings. The van der Waals surface area contributed by atoms with E-state index in [0.717, 1.165) is 19.3 Å². The molecule has 0 radical (unpaired) electrons. The Balaban J connectivity index is 1.53. The van der Waals surface area contributed by atoms with Gasteiger partial charge in [0.05, 0.1) is 0 Å². The summed E-state index contributed by atoms with van der Waals surface area (Å²) in [4.78, 5) is 16.7. The summed E-state index contributed by atoms with van der Waals surface area (Å²) in [5.41, 5.74) is 1.33. The third-order valence-corrected chi connectivity index (χ3v) is 6.96. The monoisotopic (exact) mass is 403 g/mol. The van der Waals surface area contributed by atoms with Crippen LogP contribution in [-0.2, 0) is 19.6 Å². The first-order valence-electron chi connectivity index (χ1n) is 9.74. The average Bonchev–Trinajstić information content (AvgIpc) is 3.21. The Kier molecular flexibility index (Phi) is 5.25. The second-order valence-electron chi connectivity index (χ2n) is 7.38. The largest absolute Gasteiger partial charge is 0.368 e. The number of carbonyl (C=O) groups is 1. The van der Waals surface area contributed by atoms with E-state index >= 15 is 0 Å². The van der Waals surface area contributed by atoms with E-state index in [2.05, 4.69) is 4.40 Å². The summed E-state index contributed by atoms with van der Waals surface area (Å²) in [6.45, 7) is 4.90. The van der Waals surface area contributed by atoms with Gasteiger partial charge in [-0.25, -0.2) is 0 Å². The molecule has 150 valence electrons. The van der Waals surface area contributed by atoms with Crippen molar-refractivity contribution in [2.24, 2.45) is 4.40 Å². The number of rotatable bonds is 2. The standard InChI is InChI=1S/C20H25N3O4S/c1-15-18(16-7-3-2-4-8-16)28(25,26)21-19(15)22-10-6-11-23(13-12-22)20(24)17-9-5-14-27-17/h2-4,7-8,17H,5-6,9-14H2,1H3. The molecule has 0 aromatic heterocycles. The molecule has 2 saturated heterocycles. The summed E-state index contributed by atoms with van der Waals surface area (Å²) in [5.74, 6) is 0.558. The maximum atomic E-state index is 12.7. The smallest absolute Gasteiger partial charge is 0.285 e. The molecule has 3 heterocycles. The molecular formula is C20H25N3O4S. The van der Waals surface area contributed by atoms with Crippen molar-refractivity contribution in [1.82, 2.24) is 9.80 Å². The van der Waals surface area contributed by atoms with Crippen LogP contribution in [0.3, 0.4) is 0 Å². The maximum absolute atomic E-state index is 12.7. The molecule has 3 aliphatic heterocycles. The highest BCUT2D eigenvalue weighted by molar-refractivity contribution is 8.00. The van der Waals surface area contributed by atoms with Crippen LogP contribution in [0.25, 0.3) is 4.91 Å². The van der Waals surface area contributed by atoms with Gasteiger partial charge in [-0.1, -0.05) is 30.3 Å². The quantitative estimate of drug-likeness (QED) is 0.753. The molecule has 4 rings (SSSR count). The second-order valence-corrected chi connectivity index (χ2v) is 8.92. The van der Waals surface area contributed by atoms with Gasteiger partial charge in [-0.15, -0.1) is 4.40 Å². The molecule has 1 amide bonds. The molecule has 0 saturated carbocycles. The molecule has 8 heteroatoms. The predicted octanol–water partition coefficient (Wildman–Crippen LogP) is 1.87. The number of hydrogen-bond donors (Lipinski definition) is 0. The zero-order valence-corrected chi connectivity index (χ0v) is 16.8. The first-order chi connectivity index (χ1) is 13.5. The highest BCUT2D eigenvalue weighted by Gasteiger charge is 2.35. The van der Waals surface area contributed by atoms with Crippen molar-refractivity contribution in [3.8, 4) is 0 Å². The number of hydrogen-bond acceptors (Lipinski definition) is 5. The molecule has 0 bridgehead atoms. The van der Waals surface area contributed by atoms with Crippen molar-refractivity contribution in [1.29, 1.82) is 0 Å². The molecule has 0 N–H and O–H groups in total. The van der Waals surface area contributed by atoms with Crippen LogP contribution >= 0.6 is 0 Å². The van der Waals surface area contributed by atoms with Gasteiger partial charge in [0.25, 0.3) is 15.9 Å². The highest BCUT2D eigenvalue weighted by Crippen LogP contribution is 2.33. The van der Waals surface area contributed by atoms with E-state index in [9.17, 15) is 13.2 Å². The summed E-state index contributed by atoms with van der Waals surface area (Å²) in [5, 5.41) is 0. The molecule has 3 aliphatic rings. The fourth-order valence-electron chi connectivity index (χ4n) is 4.10. The lowest BCUT2D eigenvalue weighted by atomic mass is 10.1. The van der Waals surface area contributed by atoms with Gasteiger partial charge in [-0.2, -0.15) is 8.42 Å². The molecule has 2 fully saturated rings. The lowest BCUT2D eigenvalue weighted by molar-refractivity contribution is -0.140. The molecule has 28 heavy (non-hydrogen) atoms. The van der Waals surface area contributed by atoms with E-state index in [1.54, 1.807) is 12.1 Å². The summed E-state index contributed by atoms with van der Waals surface area (Å²) >= 11 is 0. The van der Waals surface area contributed by atoms with Gasteiger partial charge in [0.15, 0.2) is 0 Å². The number of benzene rings is 1. The van der Waals surface area contributed by atoms with Crippen LogP contribution in [0, 0.1) is 0 Å². The summed E-state index contributed by atoms with van der Waals surface area (Å²) in [7, 11) is -3.72. The number of carbonyl (C=O) groups excluding carboxylic acids is 1. The summed E-state index contributed by atoms with van der Waals surface area (Å²) < 4.78 is 35.0. The third-order valence-electron chi connectivity index (χ3n) is 5.49. The van der Waals surface area contributed by atoms with E-state index in [1.165, 1.54) is 0 Å². The Bertz CT molecular complexity index is 918. The minimum Gasteiger partial charge on any atom is -0.368 e. The fraction of sp³-hybridized carbons (Fsp3) is 0.500. The van der Waals surface area contributed by atoms with Crippen LogP contribution in [0.1, 0.15) is 31.7 Å². The number of amides is 1. The van der Waals surface area contributed by atoms with Crippen molar-refractivity contribution >= 4 is 26.7 Å². The van der Waals surface area contributed by atoms with Crippen LogP contribution in [0.5, 0.6) is 0 Å². The normalized spacial score (nSPS) is 25.0. The Morgan fingerprint density at radius 1 is 1.11 bits per heavy atom. The van der Waals surface area contributed by atoms with E-state index in [4.69, 9.17) is 4.74 Å². The number of amidine groups is 1. The molecule has 1 atom stereocenters. The van der Waals surface area contributed by atoms with Gasteiger partial charge in [-0.05, 0) is 31.7 Å². The van der Waals surface area contributed by atoms with E-state index in [1.807, 2.05) is 34.9 Å². The van der Waals surface area contributed by atoms with Gasteiger partial charge in [0, 0.05) is 38.4 Å². The van der Waals surface area contributed by atoms with Crippen LogP contribution in [0.15, 0.2) is 40.3 Å². The van der Waals surface area contributed by atoms with Crippen molar-refractivity contribution in [2.75, 3.05) is 32.8 Å². The number of sulfonamides is 1. The van der Waals surface area contributed by atoms with E-state index < -0.39 is 10.0 Å². The van der Waals surface area contributed by atoms with Crippen LogP contribution in [0.2, 0.25) is 0 Å². The molecule has 0 spiro atoms. The first-order valence-corrected chi connectivity index (χ1v) is 11.2. The lowest BCUT2D eigenvalue weighted by Crippen LogP contribution is -2.41. The maximum Gasteiger partial charge on any atom is 0.285 e.